The van der Waals surface area contributed by atoms with Crippen LogP contribution in [0.3, 0.4) is 0 Å². The second kappa shape index (κ2) is 9.65. The van der Waals surface area contributed by atoms with Gasteiger partial charge in [0, 0.05) is 34.9 Å². The highest BCUT2D eigenvalue weighted by molar-refractivity contribution is 6.07. The van der Waals surface area contributed by atoms with Crippen molar-refractivity contribution in [3.05, 3.63) is 72.3 Å². The molecular formula is C25H28N2O3. The second-order valence-corrected chi connectivity index (χ2v) is 7.45. The second-order valence-electron chi connectivity index (χ2n) is 7.45. The molecule has 0 fully saturated rings. The minimum absolute atomic E-state index is 0.394. The van der Waals surface area contributed by atoms with Crippen LogP contribution in [0, 0.1) is 0 Å². The van der Waals surface area contributed by atoms with Gasteiger partial charge in [0.25, 0.3) is 0 Å². The number of aliphatic hydroxyl groups is 1. The van der Waals surface area contributed by atoms with E-state index in [1.807, 2.05) is 30.3 Å². The number of fused-ring (bicyclic) bond motifs is 3. The zero-order chi connectivity index (χ0) is 20.8. The summed E-state index contributed by atoms with van der Waals surface area (Å²) in [5.41, 5.74) is 3.55. The summed E-state index contributed by atoms with van der Waals surface area (Å²) in [6.45, 7) is 1.73. The molecule has 4 aromatic rings. The molecule has 0 bridgehead atoms. The molecule has 0 saturated heterocycles. The number of nitrogens with one attached hydrogen (secondary N) is 2. The van der Waals surface area contributed by atoms with E-state index in [2.05, 4.69) is 46.7 Å². The average Bonchev–Trinajstić information content (AvgIpc) is 3.15. The lowest BCUT2D eigenvalue weighted by Gasteiger charge is -2.13. The Kier molecular flexibility index (Phi) is 6.52. The van der Waals surface area contributed by atoms with Crippen molar-refractivity contribution in [3.63, 3.8) is 0 Å². The number of aromatic nitrogens is 1. The highest BCUT2D eigenvalue weighted by Gasteiger charge is 2.08. The van der Waals surface area contributed by atoms with Gasteiger partial charge in [-0.15, -0.1) is 0 Å². The highest BCUT2D eigenvalue weighted by atomic mass is 16.5. The van der Waals surface area contributed by atoms with Gasteiger partial charge in [0.1, 0.15) is 6.61 Å². The maximum absolute atomic E-state index is 10.3. The number of aryl methyl sites for hydroxylation is 1. The maximum Gasteiger partial charge on any atom is 0.161 e. The smallest absolute Gasteiger partial charge is 0.161 e. The van der Waals surface area contributed by atoms with Gasteiger partial charge in [-0.3, -0.25) is 0 Å². The number of ether oxygens (including phenoxy) is 2. The molecule has 0 radical (unpaired) electrons. The molecule has 30 heavy (non-hydrogen) atoms. The standard InChI is InChI=1S/C25H28N2O3/c1-29-24-8-4-5-9-25(24)30-15-14-26-17-19(28)12-10-18-11-13-23-21(16-18)20-6-2-3-7-22(20)27-23/h2-9,11,13,16,19,26-28H,10,12,14-15,17H2,1H3. The van der Waals surface area contributed by atoms with Crippen molar-refractivity contribution in [3.8, 4) is 11.5 Å². The minimum atomic E-state index is -0.394. The van der Waals surface area contributed by atoms with Gasteiger partial charge in [0.05, 0.1) is 13.2 Å². The van der Waals surface area contributed by atoms with Crippen LogP contribution in [-0.4, -0.2) is 43.0 Å². The fourth-order valence-corrected chi connectivity index (χ4v) is 3.73. The fourth-order valence-electron chi connectivity index (χ4n) is 3.73. The van der Waals surface area contributed by atoms with Gasteiger partial charge < -0.3 is 24.9 Å². The normalized spacial score (nSPS) is 12.3. The monoisotopic (exact) mass is 404 g/mol. The number of hydrogen-bond donors (Lipinski definition) is 3. The molecule has 0 spiro atoms. The van der Waals surface area contributed by atoms with Crippen LogP contribution in [0.5, 0.6) is 11.5 Å². The molecule has 4 rings (SSSR count). The summed E-state index contributed by atoms with van der Waals surface area (Å²) < 4.78 is 11.0. The first-order valence-electron chi connectivity index (χ1n) is 10.4. The molecule has 3 N–H and O–H groups in total. The molecule has 3 aromatic carbocycles. The predicted molar refractivity (Wildman–Crippen MR) is 121 cm³/mol. The summed E-state index contributed by atoms with van der Waals surface area (Å²) in [6, 6.07) is 22.4. The van der Waals surface area contributed by atoms with E-state index in [0.717, 1.165) is 29.0 Å². The van der Waals surface area contributed by atoms with E-state index < -0.39 is 6.10 Å². The average molecular weight is 405 g/mol. The molecule has 1 atom stereocenters. The first-order chi connectivity index (χ1) is 14.7. The molecule has 1 heterocycles. The largest absolute Gasteiger partial charge is 0.493 e. The lowest BCUT2D eigenvalue weighted by Crippen LogP contribution is -2.30. The van der Waals surface area contributed by atoms with E-state index in [1.165, 1.54) is 16.3 Å². The van der Waals surface area contributed by atoms with Crippen molar-refractivity contribution >= 4 is 21.8 Å². The van der Waals surface area contributed by atoms with Crippen molar-refractivity contribution in [2.24, 2.45) is 0 Å². The summed E-state index contributed by atoms with van der Waals surface area (Å²) in [5, 5.41) is 16.1. The Labute approximate surface area is 176 Å². The van der Waals surface area contributed by atoms with Crippen molar-refractivity contribution in [1.82, 2.24) is 10.3 Å². The Morgan fingerprint density at radius 2 is 1.70 bits per heavy atom. The number of aromatic amines is 1. The van der Waals surface area contributed by atoms with Gasteiger partial charge >= 0.3 is 0 Å². The van der Waals surface area contributed by atoms with Crippen LogP contribution in [0.1, 0.15) is 12.0 Å². The van der Waals surface area contributed by atoms with Crippen LogP contribution in [0.15, 0.2) is 66.7 Å². The third-order valence-electron chi connectivity index (χ3n) is 5.32. The lowest BCUT2D eigenvalue weighted by molar-refractivity contribution is 0.159. The van der Waals surface area contributed by atoms with Crippen LogP contribution in [0.2, 0.25) is 0 Å². The van der Waals surface area contributed by atoms with E-state index in [1.54, 1.807) is 7.11 Å². The zero-order valence-corrected chi connectivity index (χ0v) is 17.2. The van der Waals surface area contributed by atoms with Gasteiger partial charge in [-0.1, -0.05) is 36.4 Å². The minimum Gasteiger partial charge on any atom is -0.493 e. The molecule has 1 aromatic heterocycles. The fraction of sp³-hybridized carbons (Fsp3) is 0.280. The Morgan fingerprint density at radius 3 is 2.57 bits per heavy atom. The molecule has 0 aliphatic carbocycles. The molecule has 0 saturated carbocycles. The summed E-state index contributed by atoms with van der Waals surface area (Å²) in [4.78, 5) is 3.45. The van der Waals surface area contributed by atoms with Crippen LogP contribution in [-0.2, 0) is 6.42 Å². The Bertz CT molecular complexity index is 1110. The molecule has 0 aliphatic heterocycles. The van der Waals surface area contributed by atoms with Gasteiger partial charge in [-0.05, 0) is 48.7 Å². The number of H-pyrrole nitrogens is 1. The Balaban J connectivity index is 1.22. The van der Waals surface area contributed by atoms with Gasteiger partial charge in [-0.25, -0.2) is 0 Å². The number of rotatable bonds is 10. The summed E-state index contributed by atoms with van der Waals surface area (Å²) in [6.07, 6.45) is 1.17. The van der Waals surface area contributed by atoms with Crippen LogP contribution in [0.4, 0.5) is 0 Å². The first-order valence-corrected chi connectivity index (χ1v) is 10.4. The van der Waals surface area contributed by atoms with E-state index in [4.69, 9.17) is 9.47 Å². The van der Waals surface area contributed by atoms with Crippen LogP contribution >= 0.6 is 0 Å². The lowest BCUT2D eigenvalue weighted by atomic mass is 10.0. The van der Waals surface area contributed by atoms with Crippen molar-refractivity contribution in [2.45, 2.75) is 18.9 Å². The number of benzene rings is 3. The molecule has 1 unspecified atom stereocenters. The van der Waals surface area contributed by atoms with Gasteiger partial charge in [-0.2, -0.15) is 0 Å². The van der Waals surface area contributed by atoms with Crippen molar-refractivity contribution in [2.75, 3.05) is 26.8 Å². The van der Waals surface area contributed by atoms with E-state index in [0.29, 0.717) is 26.1 Å². The summed E-state index contributed by atoms with van der Waals surface area (Å²) in [5.74, 6) is 1.46. The molecule has 156 valence electrons. The number of hydrogen-bond acceptors (Lipinski definition) is 4. The van der Waals surface area contributed by atoms with Crippen molar-refractivity contribution < 1.29 is 14.6 Å². The third-order valence-corrected chi connectivity index (χ3v) is 5.32. The molecule has 5 heteroatoms. The topological polar surface area (TPSA) is 66.5 Å². The SMILES string of the molecule is COc1ccccc1OCCNCC(O)CCc1ccc2[nH]c3ccccc3c2c1. The first kappa shape index (κ1) is 20.3. The number of methoxy groups -OCH3 is 1. The zero-order valence-electron chi connectivity index (χ0n) is 17.2. The van der Waals surface area contributed by atoms with Gasteiger partial charge in [0.2, 0.25) is 0 Å². The molecule has 0 aliphatic rings. The third kappa shape index (κ3) is 4.75. The molecule has 0 amide bonds. The van der Waals surface area contributed by atoms with E-state index in [-0.39, 0.29) is 0 Å². The molecule has 5 nitrogen and oxygen atoms in total. The number of aliphatic hydroxyl groups excluding tert-OH is 1. The number of para-hydroxylation sites is 3. The maximum atomic E-state index is 10.3. The summed E-state index contributed by atoms with van der Waals surface area (Å²) in [7, 11) is 1.63. The predicted octanol–water partition coefficient (Wildman–Crippen LogP) is 4.29. The van der Waals surface area contributed by atoms with Gasteiger partial charge in [0.15, 0.2) is 11.5 Å². The van der Waals surface area contributed by atoms with Crippen molar-refractivity contribution in [1.29, 1.82) is 0 Å². The summed E-state index contributed by atoms with van der Waals surface area (Å²) >= 11 is 0. The van der Waals surface area contributed by atoms with Crippen LogP contribution in [0.25, 0.3) is 21.8 Å². The molecular weight excluding hydrogens is 376 g/mol. The Morgan fingerprint density at radius 1 is 0.933 bits per heavy atom. The highest BCUT2D eigenvalue weighted by Crippen LogP contribution is 2.27. The Hall–Kier alpha value is -3.02. The quantitative estimate of drug-likeness (QED) is 0.345. The van der Waals surface area contributed by atoms with E-state index in [9.17, 15) is 5.11 Å². The van der Waals surface area contributed by atoms with Crippen LogP contribution < -0.4 is 14.8 Å². The van der Waals surface area contributed by atoms with E-state index >= 15 is 0 Å².